The third-order valence-electron chi connectivity index (χ3n) is 4.11. The Morgan fingerprint density at radius 1 is 1.34 bits per heavy atom. The highest BCUT2D eigenvalue weighted by molar-refractivity contribution is 7.98. The number of nitrogens with zero attached hydrogens (tertiary/aromatic N) is 3. The smallest absolute Gasteiger partial charge is 0.272 e. The summed E-state index contributed by atoms with van der Waals surface area (Å²) in [7, 11) is 1.62. The molecule has 0 radical (unpaired) electrons. The maximum Gasteiger partial charge on any atom is 0.272 e. The van der Waals surface area contributed by atoms with Gasteiger partial charge in [-0.1, -0.05) is 23.5 Å². The lowest BCUT2D eigenvalue weighted by molar-refractivity contribution is -0.384. The molecule has 0 N–H and O–H groups in total. The number of amides is 1. The van der Waals surface area contributed by atoms with Gasteiger partial charge in [0.25, 0.3) is 11.6 Å². The number of carbonyl (C=O) groups excluding carboxylic acids is 1. The van der Waals surface area contributed by atoms with Crippen LogP contribution < -0.4 is 9.54 Å². The zero-order valence-corrected chi connectivity index (χ0v) is 17.5. The number of non-ortho nitro benzene ring substituents is 1. The highest BCUT2D eigenvalue weighted by atomic mass is 32.2. The van der Waals surface area contributed by atoms with Crippen molar-refractivity contribution < 1.29 is 14.5 Å². The lowest BCUT2D eigenvalue weighted by Gasteiger charge is -2.04. The first kappa shape index (κ1) is 20.8. The first-order chi connectivity index (χ1) is 14.0. The van der Waals surface area contributed by atoms with Crippen molar-refractivity contribution >= 4 is 51.0 Å². The average molecular weight is 430 g/mol. The van der Waals surface area contributed by atoms with E-state index in [9.17, 15) is 14.9 Å². The first-order valence-corrected chi connectivity index (χ1v) is 10.9. The second-order valence-corrected chi connectivity index (χ2v) is 7.99. The number of aromatic nitrogens is 1. The van der Waals surface area contributed by atoms with Crippen LogP contribution in [0, 0.1) is 10.1 Å². The minimum absolute atomic E-state index is 0.0232. The van der Waals surface area contributed by atoms with Crippen molar-refractivity contribution in [2.24, 2.45) is 4.99 Å². The van der Waals surface area contributed by atoms with Crippen molar-refractivity contribution in [1.29, 1.82) is 0 Å². The van der Waals surface area contributed by atoms with E-state index in [0.29, 0.717) is 10.4 Å². The number of aryl methyl sites for hydroxylation is 1. The van der Waals surface area contributed by atoms with Crippen molar-refractivity contribution in [2.75, 3.05) is 19.1 Å². The Balaban J connectivity index is 1.94. The zero-order chi connectivity index (χ0) is 20.8. The zero-order valence-electron chi connectivity index (χ0n) is 15.9. The van der Waals surface area contributed by atoms with Crippen LogP contribution >= 0.6 is 23.1 Å². The fourth-order valence-electron chi connectivity index (χ4n) is 2.71. The second-order valence-electron chi connectivity index (χ2n) is 6.00. The monoisotopic (exact) mass is 429 g/mol. The number of thioether (sulfide) groups is 1. The minimum Gasteiger partial charge on any atom is -0.497 e. The van der Waals surface area contributed by atoms with Crippen molar-refractivity contribution in [3.8, 4) is 5.75 Å². The molecule has 3 rings (SSSR count). The van der Waals surface area contributed by atoms with Gasteiger partial charge in [0.2, 0.25) is 0 Å². The van der Waals surface area contributed by atoms with E-state index in [1.54, 1.807) is 31.0 Å². The Hall–Kier alpha value is -2.91. The number of nitro benzene ring substituents is 1. The summed E-state index contributed by atoms with van der Waals surface area (Å²) >= 11 is 3.14. The summed E-state index contributed by atoms with van der Waals surface area (Å²) in [6.07, 6.45) is 4.88. The molecule has 9 heteroatoms. The van der Waals surface area contributed by atoms with Gasteiger partial charge in [-0.05, 0) is 36.1 Å². The van der Waals surface area contributed by atoms with Gasteiger partial charge >= 0.3 is 0 Å². The van der Waals surface area contributed by atoms with Crippen LogP contribution in [0.2, 0.25) is 0 Å². The summed E-state index contributed by atoms with van der Waals surface area (Å²) in [5.74, 6) is 1.22. The molecule has 3 aromatic rings. The molecule has 0 fully saturated rings. The molecule has 0 atom stereocenters. The van der Waals surface area contributed by atoms with Crippen LogP contribution in [0.15, 0.2) is 53.5 Å². The number of hydrogen-bond acceptors (Lipinski definition) is 6. The molecule has 0 spiro atoms. The van der Waals surface area contributed by atoms with E-state index >= 15 is 0 Å². The summed E-state index contributed by atoms with van der Waals surface area (Å²) in [6, 6.07) is 11.9. The molecule has 0 saturated heterocycles. The number of rotatable bonds is 7. The van der Waals surface area contributed by atoms with Crippen LogP contribution in [0.4, 0.5) is 5.69 Å². The summed E-state index contributed by atoms with van der Waals surface area (Å²) in [4.78, 5) is 27.7. The maximum atomic E-state index is 12.4. The van der Waals surface area contributed by atoms with E-state index in [0.717, 1.165) is 28.3 Å². The normalized spacial score (nSPS) is 12.0. The lowest BCUT2D eigenvalue weighted by atomic mass is 10.2. The summed E-state index contributed by atoms with van der Waals surface area (Å²) in [6.45, 7) is 0.730. The first-order valence-electron chi connectivity index (χ1n) is 8.69. The van der Waals surface area contributed by atoms with Crippen molar-refractivity contribution in [2.45, 2.75) is 6.54 Å². The SMILES string of the molecule is COc1ccc2c(c1)sc(=NC(=O)C=Cc1cccc([N+](=O)[O-])c1)n2CCSC. The van der Waals surface area contributed by atoms with Gasteiger partial charge in [0.15, 0.2) is 4.80 Å². The Morgan fingerprint density at radius 3 is 2.90 bits per heavy atom. The molecule has 0 saturated carbocycles. The molecule has 0 unspecified atom stereocenters. The second kappa shape index (κ2) is 9.53. The number of benzene rings is 2. The highest BCUT2D eigenvalue weighted by Gasteiger charge is 2.09. The van der Waals surface area contributed by atoms with Gasteiger partial charge in [0.1, 0.15) is 5.75 Å². The number of ether oxygens (including phenoxy) is 1. The number of nitro groups is 1. The average Bonchev–Trinajstić information content (AvgIpc) is 3.06. The topological polar surface area (TPSA) is 86.7 Å². The number of thiazole rings is 1. The lowest BCUT2D eigenvalue weighted by Crippen LogP contribution is -2.17. The van der Waals surface area contributed by atoms with E-state index in [-0.39, 0.29) is 5.69 Å². The van der Waals surface area contributed by atoms with E-state index < -0.39 is 10.8 Å². The van der Waals surface area contributed by atoms with Gasteiger partial charge in [-0.15, -0.1) is 0 Å². The highest BCUT2D eigenvalue weighted by Crippen LogP contribution is 2.23. The van der Waals surface area contributed by atoms with Crippen LogP contribution in [0.25, 0.3) is 16.3 Å². The molecule has 1 amide bonds. The van der Waals surface area contributed by atoms with Gasteiger partial charge < -0.3 is 9.30 Å². The molecule has 1 aromatic heterocycles. The van der Waals surface area contributed by atoms with Crippen LogP contribution in [0.1, 0.15) is 5.56 Å². The molecular formula is C20H19N3O4S2. The van der Waals surface area contributed by atoms with Gasteiger partial charge in [-0.2, -0.15) is 16.8 Å². The number of carbonyl (C=O) groups is 1. The summed E-state index contributed by atoms with van der Waals surface area (Å²) in [5.41, 5.74) is 1.54. The summed E-state index contributed by atoms with van der Waals surface area (Å²) < 4.78 is 8.29. The maximum absolute atomic E-state index is 12.4. The van der Waals surface area contributed by atoms with Crippen molar-refractivity contribution in [3.63, 3.8) is 0 Å². The van der Waals surface area contributed by atoms with Crippen LogP contribution in [0.5, 0.6) is 5.75 Å². The Bertz CT molecular complexity index is 1150. The molecule has 29 heavy (non-hydrogen) atoms. The molecule has 0 aliphatic carbocycles. The summed E-state index contributed by atoms with van der Waals surface area (Å²) in [5, 5.41) is 10.9. The number of methoxy groups -OCH3 is 1. The van der Waals surface area contributed by atoms with E-state index in [1.807, 2.05) is 29.0 Å². The molecule has 0 aliphatic rings. The molecule has 150 valence electrons. The molecule has 0 aliphatic heterocycles. The van der Waals surface area contributed by atoms with Gasteiger partial charge in [0.05, 0.1) is 22.2 Å². The number of fused-ring (bicyclic) bond motifs is 1. The fraction of sp³-hybridized carbons (Fsp3) is 0.200. The Morgan fingerprint density at radius 2 is 2.17 bits per heavy atom. The van der Waals surface area contributed by atoms with Crippen LogP contribution in [-0.2, 0) is 11.3 Å². The fourth-order valence-corrected chi connectivity index (χ4v) is 4.16. The largest absolute Gasteiger partial charge is 0.497 e. The minimum atomic E-state index is -0.469. The van der Waals surface area contributed by atoms with E-state index in [2.05, 4.69) is 4.99 Å². The molecular weight excluding hydrogens is 410 g/mol. The van der Waals surface area contributed by atoms with Crippen molar-refractivity contribution in [3.05, 3.63) is 69.0 Å². The third-order valence-corrected chi connectivity index (χ3v) is 5.75. The molecule has 1 heterocycles. The van der Waals surface area contributed by atoms with Crippen LogP contribution in [0.3, 0.4) is 0 Å². The van der Waals surface area contributed by atoms with Crippen LogP contribution in [-0.4, -0.2) is 34.5 Å². The standard InChI is InChI=1S/C20H19N3O4S2/c1-27-16-7-8-17-18(13-16)29-20(22(17)10-11-28-2)21-19(24)9-6-14-4-3-5-15(12-14)23(25)26/h3-9,12-13H,10-11H2,1-2H3. The van der Waals surface area contributed by atoms with E-state index in [4.69, 9.17) is 4.74 Å². The molecule has 0 bridgehead atoms. The molecule has 7 nitrogen and oxygen atoms in total. The Kier molecular flexibility index (Phi) is 6.84. The molecule has 2 aromatic carbocycles. The van der Waals surface area contributed by atoms with Gasteiger partial charge in [-0.3, -0.25) is 14.9 Å². The van der Waals surface area contributed by atoms with Gasteiger partial charge in [0, 0.05) is 30.5 Å². The predicted molar refractivity (Wildman–Crippen MR) is 117 cm³/mol. The number of hydrogen-bond donors (Lipinski definition) is 0. The third kappa shape index (κ3) is 5.12. The Labute approximate surface area is 175 Å². The van der Waals surface area contributed by atoms with Gasteiger partial charge in [-0.25, -0.2) is 0 Å². The van der Waals surface area contributed by atoms with Crippen molar-refractivity contribution in [1.82, 2.24) is 4.57 Å². The quantitative estimate of drug-likeness (QED) is 0.320. The predicted octanol–water partition coefficient (Wildman–Crippen LogP) is 4.12. The van der Waals surface area contributed by atoms with E-state index in [1.165, 1.54) is 35.6 Å².